The van der Waals surface area contributed by atoms with Crippen molar-refractivity contribution in [1.82, 2.24) is 20.4 Å². The van der Waals surface area contributed by atoms with Crippen LogP contribution in [0.15, 0.2) is 54.7 Å². The Bertz CT molecular complexity index is 962. The SMILES string of the molecule is COc1cccc(CC2(C(=O)NCCCn3ncc4ccccc43)CNC2)c1. The van der Waals surface area contributed by atoms with Crippen LogP contribution in [0.1, 0.15) is 12.0 Å². The van der Waals surface area contributed by atoms with E-state index in [9.17, 15) is 4.79 Å². The molecular formula is C22H26N4O2. The first-order valence-corrected chi connectivity index (χ1v) is 9.73. The maximum Gasteiger partial charge on any atom is 0.229 e. The molecule has 0 saturated carbocycles. The number of benzene rings is 2. The second kappa shape index (κ2) is 8.02. The molecule has 1 aliphatic rings. The summed E-state index contributed by atoms with van der Waals surface area (Å²) < 4.78 is 7.30. The molecule has 1 fully saturated rings. The van der Waals surface area contributed by atoms with Crippen molar-refractivity contribution >= 4 is 16.8 Å². The van der Waals surface area contributed by atoms with Gasteiger partial charge in [0.25, 0.3) is 0 Å². The van der Waals surface area contributed by atoms with Crippen molar-refractivity contribution < 1.29 is 9.53 Å². The lowest BCUT2D eigenvalue weighted by Gasteiger charge is -2.41. The molecule has 3 aromatic rings. The highest BCUT2D eigenvalue weighted by Gasteiger charge is 2.44. The fraction of sp³-hybridized carbons (Fsp3) is 0.364. The molecule has 1 amide bonds. The third-order valence-corrected chi connectivity index (χ3v) is 5.47. The number of amides is 1. The van der Waals surface area contributed by atoms with Crippen molar-refractivity contribution in [3.63, 3.8) is 0 Å². The van der Waals surface area contributed by atoms with E-state index < -0.39 is 0 Å². The van der Waals surface area contributed by atoms with Crippen LogP contribution in [-0.4, -0.2) is 42.4 Å². The molecule has 6 heteroatoms. The highest BCUT2D eigenvalue weighted by Crippen LogP contribution is 2.29. The summed E-state index contributed by atoms with van der Waals surface area (Å²) in [5, 5.41) is 12.0. The topological polar surface area (TPSA) is 68.2 Å². The normalized spacial score (nSPS) is 15.2. The van der Waals surface area contributed by atoms with Gasteiger partial charge in [-0.15, -0.1) is 0 Å². The third-order valence-electron chi connectivity index (χ3n) is 5.47. The third kappa shape index (κ3) is 3.73. The van der Waals surface area contributed by atoms with Crippen LogP contribution in [0.3, 0.4) is 0 Å². The molecule has 146 valence electrons. The number of aryl methyl sites for hydroxylation is 1. The average molecular weight is 378 g/mol. The van der Waals surface area contributed by atoms with E-state index >= 15 is 0 Å². The van der Waals surface area contributed by atoms with Crippen LogP contribution in [0.4, 0.5) is 0 Å². The minimum atomic E-state index is -0.370. The molecule has 1 aliphatic heterocycles. The van der Waals surface area contributed by atoms with E-state index in [4.69, 9.17) is 4.74 Å². The number of rotatable bonds is 8. The first-order valence-electron chi connectivity index (χ1n) is 9.73. The zero-order valence-corrected chi connectivity index (χ0v) is 16.1. The molecule has 0 radical (unpaired) electrons. The summed E-state index contributed by atoms with van der Waals surface area (Å²) in [7, 11) is 1.66. The van der Waals surface area contributed by atoms with Gasteiger partial charge in [0.15, 0.2) is 0 Å². The largest absolute Gasteiger partial charge is 0.497 e. The Hall–Kier alpha value is -2.86. The van der Waals surface area contributed by atoms with E-state index in [1.165, 1.54) is 0 Å². The van der Waals surface area contributed by atoms with E-state index in [-0.39, 0.29) is 11.3 Å². The number of carbonyl (C=O) groups is 1. The quantitative estimate of drug-likeness (QED) is 0.591. The van der Waals surface area contributed by atoms with Gasteiger partial charge >= 0.3 is 0 Å². The Labute approximate surface area is 164 Å². The van der Waals surface area contributed by atoms with Crippen LogP contribution in [0.2, 0.25) is 0 Å². The van der Waals surface area contributed by atoms with Crippen molar-refractivity contribution in [1.29, 1.82) is 0 Å². The van der Waals surface area contributed by atoms with E-state index in [0.29, 0.717) is 26.1 Å². The number of nitrogens with zero attached hydrogens (tertiary/aromatic N) is 2. The molecule has 0 aliphatic carbocycles. The van der Waals surface area contributed by atoms with Gasteiger partial charge in [-0.1, -0.05) is 30.3 Å². The molecule has 28 heavy (non-hydrogen) atoms. The molecule has 2 N–H and O–H groups in total. The number of carbonyl (C=O) groups excluding carboxylic acids is 1. The first kappa shape index (κ1) is 18.5. The predicted molar refractivity (Wildman–Crippen MR) is 109 cm³/mol. The first-order chi connectivity index (χ1) is 13.7. The highest BCUT2D eigenvalue weighted by atomic mass is 16.5. The number of methoxy groups -OCH3 is 1. The Balaban J connectivity index is 1.32. The van der Waals surface area contributed by atoms with Gasteiger partial charge in [0.1, 0.15) is 5.75 Å². The van der Waals surface area contributed by atoms with Gasteiger partial charge in [0.2, 0.25) is 5.91 Å². The number of aromatic nitrogens is 2. The van der Waals surface area contributed by atoms with Crippen molar-refractivity contribution in [3.8, 4) is 5.75 Å². The summed E-state index contributed by atoms with van der Waals surface area (Å²) in [5.41, 5.74) is 1.88. The van der Waals surface area contributed by atoms with Crippen LogP contribution in [0.5, 0.6) is 5.75 Å². The molecule has 2 heterocycles. The monoisotopic (exact) mass is 378 g/mol. The number of hydrogen-bond donors (Lipinski definition) is 2. The van der Waals surface area contributed by atoms with Gasteiger partial charge in [0, 0.05) is 31.6 Å². The van der Waals surface area contributed by atoms with Gasteiger partial charge in [-0.25, -0.2) is 0 Å². The zero-order valence-electron chi connectivity index (χ0n) is 16.1. The molecule has 2 aromatic carbocycles. The number of hydrogen-bond acceptors (Lipinski definition) is 4. The predicted octanol–water partition coefficient (Wildman–Crippen LogP) is 2.38. The Morgan fingerprint density at radius 1 is 1.25 bits per heavy atom. The molecule has 1 aromatic heterocycles. The van der Waals surface area contributed by atoms with Crippen molar-refractivity contribution in [2.24, 2.45) is 5.41 Å². The van der Waals surface area contributed by atoms with Gasteiger partial charge in [-0.2, -0.15) is 5.10 Å². The van der Waals surface area contributed by atoms with Crippen LogP contribution in [0.25, 0.3) is 10.9 Å². The zero-order chi connectivity index (χ0) is 19.4. The maximum absolute atomic E-state index is 12.9. The van der Waals surface area contributed by atoms with E-state index in [1.807, 2.05) is 41.2 Å². The molecule has 6 nitrogen and oxygen atoms in total. The summed E-state index contributed by atoms with van der Waals surface area (Å²) in [6, 6.07) is 16.1. The molecule has 0 spiro atoms. The minimum Gasteiger partial charge on any atom is -0.497 e. The lowest BCUT2D eigenvalue weighted by Crippen LogP contribution is -2.62. The van der Waals surface area contributed by atoms with Crippen LogP contribution < -0.4 is 15.4 Å². The summed E-state index contributed by atoms with van der Waals surface area (Å²) in [5.74, 6) is 0.950. The summed E-state index contributed by atoms with van der Waals surface area (Å²) in [6.45, 7) is 2.85. The molecule has 0 unspecified atom stereocenters. The van der Waals surface area contributed by atoms with Gasteiger partial charge in [-0.3, -0.25) is 9.48 Å². The van der Waals surface area contributed by atoms with Crippen LogP contribution in [-0.2, 0) is 17.8 Å². The van der Waals surface area contributed by atoms with Crippen LogP contribution >= 0.6 is 0 Å². The molecule has 1 saturated heterocycles. The Kier molecular flexibility index (Phi) is 5.30. The van der Waals surface area contributed by atoms with Crippen molar-refractivity contribution in [2.45, 2.75) is 19.4 Å². The second-order valence-electron chi connectivity index (χ2n) is 7.45. The summed E-state index contributed by atoms with van der Waals surface area (Å²) >= 11 is 0. The summed E-state index contributed by atoms with van der Waals surface area (Å²) in [4.78, 5) is 12.9. The highest BCUT2D eigenvalue weighted by molar-refractivity contribution is 5.84. The second-order valence-corrected chi connectivity index (χ2v) is 7.45. The van der Waals surface area contributed by atoms with Gasteiger partial charge < -0.3 is 15.4 Å². The number of nitrogens with one attached hydrogen (secondary N) is 2. The standard InChI is InChI=1S/C22H26N4O2/c1-28-19-8-4-6-17(12-19)13-22(15-23-16-22)21(27)24-10-5-11-26-20-9-3-2-7-18(20)14-25-26/h2-4,6-9,12,14,23H,5,10-11,13,15-16H2,1H3,(H,24,27). The van der Waals surface area contributed by atoms with Gasteiger partial charge in [-0.05, 0) is 36.6 Å². The molecule has 0 bridgehead atoms. The van der Waals surface area contributed by atoms with Crippen LogP contribution in [0, 0.1) is 5.41 Å². The average Bonchev–Trinajstić information content (AvgIpc) is 3.11. The van der Waals surface area contributed by atoms with E-state index in [0.717, 1.165) is 35.2 Å². The maximum atomic E-state index is 12.9. The number of ether oxygens (including phenoxy) is 1. The number of para-hydroxylation sites is 1. The lowest BCUT2D eigenvalue weighted by atomic mass is 9.75. The lowest BCUT2D eigenvalue weighted by molar-refractivity contribution is -0.133. The summed E-state index contributed by atoms with van der Waals surface area (Å²) in [6.07, 6.45) is 3.45. The Morgan fingerprint density at radius 2 is 2.11 bits per heavy atom. The Morgan fingerprint density at radius 3 is 2.89 bits per heavy atom. The molecule has 4 rings (SSSR count). The van der Waals surface area contributed by atoms with E-state index in [2.05, 4.69) is 33.9 Å². The van der Waals surface area contributed by atoms with Crippen molar-refractivity contribution in [2.75, 3.05) is 26.7 Å². The molecular weight excluding hydrogens is 352 g/mol. The van der Waals surface area contributed by atoms with Crippen molar-refractivity contribution in [3.05, 3.63) is 60.3 Å². The molecule has 0 atom stereocenters. The van der Waals surface area contributed by atoms with E-state index in [1.54, 1.807) is 7.11 Å². The number of fused-ring (bicyclic) bond motifs is 1. The fourth-order valence-electron chi connectivity index (χ4n) is 3.79. The fourth-order valence-corrected chi connectivity index (χ4v) is 3.79. The minimum absolute atomic E-state index is 0.124. The smallest absolute Gasteiger partial charge is 0.229 e. The van der Waals surface area contributed by atoms with Gasteiger partial charge in [0.05, 0.1) is 24.2 Å².